The van der Waals surface area contributed by atoms with Crippen LogP contribution in [0.4, 0.5) is 11.4 Å². The molecule has 21 heavy (non-hydrogen) atoms. The minimum Gasteiger partial charge on any atom is -0.382 e. The summed E-state index contributed by atoms with van der Waals surface area (Å²) in [5.74, 6) is 1.67. The van der Waals surface area contributed by atoms with Gasteiger partial charge in [-0.2, -0.15) is 0 Å². The molecule has 3 heteroatoms. The van der Waals surface area contributed by atoms with Gasteiger partial charge < -0.3 is 10.6 Å². The molecule has 0 saturated heterocycles. The van der Waals surface area contributed by atoms with Crippen LogP contribution in [0.1, 0.15) is 52.9 Å². The Balaban J connectivity index is 1.88. The predicted octanol–water partition coefficient (Wildman–Crippen LogP) is 4.66. The summed E-state index contributed by atoms with van der Waals surface area (Å²) in [5, 5.41) is 6.45. The Morgan fingerprint density at radius 3 is 2.33 bits per heavy atom. The highest BCUT2D eigenvalue weighted by Gasteiger charge is 2.20. The second-order valence-electron chi connectivity index (χ2n) is 6.61. The first kappa shape index (κ1) is 15.9. The van der Waals surface area contributed by atoms with Gasteiger partial charge in [-0.3, -0.25) is 4.79 Å². The fourth-order valence-electron chi connectivity index (χ4n) is 3.23. The molecule has 1 aliphatic carbocycles. The summed E-state index contributed by atoms with van der Waals surface area (Å²) in [7, 11) is 0. The molecule has 1 fully saturated rings. The van der Waals surface area contributed by atoms with Crippen LogP contribution in [0.15, 0.2) is 24.3 Å². The highest BCUT2D eigenvalue weighted by molar-refractivity contribution is 5.88. The van der Waals surface area contributed by atoms with Crippen molar-refractivity contribution in [1.29, 1.82) is 0 Å². The van der Waals surface area contributed by atoms with Gasteiger partial charge in [-0.15, -0.1) is 0 Å². The quantitative estimate of drug-likeness (QED) is 0.791. The molecule has 0 bridgehead atoms. The molecule has 0 spiro atoms. The van der Waals surface area contributed by atoms with E-state index in [1.54, 1.807) is 0 Å². The first-order valence-corrected chi connectivity index (χ1v) is 8.19. The lowest BCUT2D eigenvalue weighted by molar-refractivity contribution is -0.114. The molecule has 2 N–H and O–H groups in total. The molecule has 2 atom stereocenters. The Kier molecular flexibility index (Phi) is 5.66. The highest BCUT2D eigenvalue weighted by Crippen LogP contribution is 2.30. The number of hydrogen-bond acceptors (Lipinski definition) is 2. The van der Waals surface area contributed by atoms with Gasteiger partial charge >= 0.3 is 0 Å². The summed E-state index contributed by atoms with van der Waals surface area (Å²) in [4.78, 5) is 11.0. The molecule has 0 aromatic heterocycles. The van der Waals surface area contributed by atoms with E-state index in [2.05, 4.69) is 36.6 Å². The summed E-state index contributed by atoms with van der Waals surface area (Å²) in [6, 6.07) is 8.60. The predicted molar refractivity (Wildman–Crippen MR) is 89.6 cm³/mol. The van der Waals surface area contributed by atoms with E-state index in [4.69, 9.17) is 0 Å². The fourth-order valence-corrected chi connectivity index (χ4v) is 3.23. The van der Waals surface area contributed by atoms with Crippen LogP contribution in [-0.4, -0.2) is 11.9 Å². The van der Waals surface area contributed by atoms with E-state index in [-0.39, 0.29) is 5.91 Å². The van der Waals surface area contributed by atoms with E-state index in [0.717, 1.165) is 23.2 Å². The molecule has 3 nitrogen and oxygen atoms in total. The number of anilines is 2. The third-order valence-electron chi connectivity index (χ3n) is 4.53. The third-order valence-corrected chi connectivity index (χ3v) is 4.53. The van der Waals surface area contributed by atoms with Gasteiger partial charge in [-0.05, 0) is 55.4 Å². The van der Waals surface area contributed by atoms with Gasteiger partial charge in [-0.1, -0.05) is 26.7 Å². The second kappa shape index (κ2) is 7.48. The van der Waals surface area contributed by atoms with Crippen LogP contribution in [0.3, 0.4) is 0 Å². The molecular formula is C18H28N2O. The second-order valence-corrected chi connectivity index (χ2v) is 6.61. The maximum atomic E-state index is 11.0. The van der Waals surface area contributed by atoms with E-state index >= 15 is 0 Å². The van der Waals surface area contributed by atoms with Crippen LogP contribution in [0.25, 0.3) is 0 Å². The number of carbonyl (C=O) groups is 1. The highest BCUT2D eigenvalue weighted by atomic mass is 16.1. The zero-order valence-electron chi connectivity index (χ0n) is 13.5. The Hall–Kier alpha value is -1.51. The van der Waals surface area contributed by atoms with Gasteiger partial charge in [-0.25, -0.2) is 0 Å². The van der Waals surface area contributed by atoms with Crippen LogP contribution < -0.4 is 10.6 Å². The average molecular weight is 288 g/mol. The molecule has 2 rings (SSSR count). The minimum absolute atomic E-state index is 0.0285. The van der Waals surface area contributed by atoms with E-state index in [9.17, 15) is 4.79 Å². The van der Waals surface area contributed by atoms with Crippen molar-refractivity contribution in [3.63, 3.8) is 0 Å². The largest absolute Gasteiger partial charge is 0.382 e. The molecule has 0 heterocycles. The zero-order valence-corrected chi connectivity index (χ0v) is 13.5. The number of hydrogen-bond donors (Lipinski definition) is 2. The molecule has 0 radical (unpaired) electrons. The van der Waals surface area contributed by atoms with E-state index in [1.807, 2.05) is 12.1 Å². The van der Waals surface area contributed by atoms with E-state index < -0.39 is 0 Å². The molecule has 2 unspecified atom stereocenters. The van der Waals surface area contributed by atoms with E-state index in [0.29, 0.717) is 6.04 Å². The van der Waals surface area contributed by atoms with Gasteiger partial charge in [0.05, 0.1) is 0 Å². The molecular weight excluding hydrogens is 260 g/mol. The van der Waals surface area contributed by atoms with Crippen LogP contribution in [0.2, 0.25) is 0 Å². The van der Waals surface area contributed by atoms with Crippen LogP contribution >= 0.6 is 0 Å². The number of benzene rings is 1. The van der Waals surface area contributed by atoms with Crippen LogP contribution in [-0.2, 0) is 4.79 Å². The minimum atomic E-state index is -0.0285. The Bertz CT molecular complexity index is 453. The van der Waals surface area contributed by atoms with Gasteiger partial charge in [0.25, 0.3) is 0 Å². The number of rotatable bonds is 4. The van der Waals surface area contributed by atoms with Gasteiger partial charge in [0.2, 0.25) is 5.91 Å². The van der Waals surface area contributed by atoms with Crippen molar-refractivity contribution in [3.05, 3.63) is 24.3 Å². The van der Waals surface area contributed by atoms with Crippen molar-refractivity contribution in [1.82, 2.24) is 0 Å². The van der Waals surface area contributed by atoms with Gasteiger partial charge in [0.1, 0.15) is 0 Å². The Labute approximate surface area is 128 Å². The molecule has 1 saturated carbocycles. The van der Waals surface area contributed by atoms with Crippen molar-refractivity contribution in [3.8, 4) is 0 Å². The SMILES string of the molecule is CC(=O)Nc1ccc(NC2CCCC(C(C)C)CC2)cc1. The lowest BCUT2D eigenvalue weighted by atomic mass is 9.89. The van der Waals surface area contributed by atoms with Crippen LogP contribution in [0.5, 0.6) is 0 Å². The number of nitrogens with one attached hydrogen (secondary N) is 2. The van der Waals surface area contributed by atoms with Crippen molar-refractivity contribution < 1.29 is 4.79 Å². The molecule has 1 aliphatic rings. The summed E-state index contributed by atoms with van der Waals surface area (Å²) in [6.07, 6.45) is 6.55. The van der Waals surface area contributed by atoms with Crippen molar-refractivity contribution in [2.75, 3.05) is 10.6 Å². The number of carbonyl (C=O) groups excluding carboxylic acids is 1. The lowest BCUT2D eigenvalue weighted by Gasteiger charge is -2.20. The third kappa shape index (κ3) is 5.07. The van der Waals surface area contributed by atoms with Crippen LogP contribution in [0, 0.1) is 11.8 Å². The normalized spacial score (nSPS) is 22.7. The molecule has 116 valence electrons. The first-order chi connectivity index (χ1) is 10.0. The summed E-state index contributed by atoms with van der Waals surface area (Å²) in [5.41, 5.74) is 2.01. The van der Waals surface area contributed by atoms with E-state index in [1.165, 1.54) is 39.0 Å². The number of amides is 1. The maximum absolute atomic E-state index is 11.0. The summed E-state index contributed by atoms with van der Waals surface area (Å²) in [6.45, 7) is 6.22. The van der Waals surface area contributed by atoms with Crippen molar-refractivity contribution in [2.24, 2.45) is 11.8 Å². The average Bonchev–Trinajstić information content (AvgIpc) is 2.66. The van der Waals surface area contributed by atoms with Crippen molar-refractivity contribution >= 4 is 17.3 Å². The first-order valence-electron chi connectivity index (χ1n) is 8.19. The molecule has 1 aromatic rings. The monoisotopic (exact) mass is 288 g/mol. The lowest BCUT2D eigenvalue weighted by Crippen LogP contribution is -2.18. The fraction of sp³-hybridized carbons (Fsp3) is 0.611. The van der Waals surface area contributed by atoms with Gasteiger partial charge in [0, 0.05) is 24.3 Å². The maximum Gasteiger partial charge on any atom is 0.221 e. The molecule has 1 aromatic carbocycles. The summed E-state index contributed by atoms with van der Waals surface area (Å²) < 4.78 is 0. The Morgan fingerprint density at radius 1 is 1.05 bits per heavy atom. The smallest absolute Gasteiger partial charge is 0.221 e. The Morgan fingerprint density at radius 2 is 1.71 bits per heavy atom. The topological polar surface area (TPSA) is 41.1 Å². The summed E-state index contributed by atoms with van der Waals surface area (Å²) >= 11 is 0. The standard InChI is InChI=1S/C18H28N2O/c1-13(2)15-5-4-6-16(8-7-15)20-18-11-9-17(10-12-18)19-14(3)21/h9-13,15-16,20H,4-8H2,1-3H3,(H,19,21). The zero-order chi connectivity index (χ0) is 15.2. The molecule has 1 amide bonds. The van der Waals surface area contributed by atoms with Crippen molar-refractivity contribution in [2.45, 2.75) is 58.9 Å². The van der Waals surface area contributed by atoms with Gasteiger partial charge in [0.15, 0.2) is 0 Å². The molecule has 0 aliphatic heterocycles.